The maximum Gasteiger partial charge on any atom is 0.245 e. The number of carbonyl (C=O) groups excluding carboxylic acids is 7. The Balaban J connectivity index is 5.25. The number of hydrogen-bond donors (Lipinski definition) is 21. The molecule has 0 bridgehead atoms. The fourth-order valence-corrected chi connectivity index (χ4v) is 9.71. The van der Waals surface area contributed by atoms with Gasteiger partial charge in [-0.3, -0.25) is 43.4 Å². The molecule has 0 aromatic heterocycles. The number of nitrogens with one attached hydrogen (secondary N) is 1. The third-order valence-electron chi connectivity index (χ3n) is 16.6. The molecule has 0 heterocycles. The molecule has 0 aliphatic heterocycles. The number of rotatable bonds is 63. The lowest BCUT2D eigenvalue weighted by Gasteiger charge is -2.35. The summed E-state index contributed by atoms with van der Waals surface area (Å²) in [7, 11) is 11.1. The van der Waals surface area contributed by atoms with Gasteiger partial charge in [0, 0.05) is 81.6 Å². The lowest BCUT2D eigenvalue weighted by molar-refractivity contribution is -0.149. The molecule has 0 aliphatic rings. The molecule has 43 nitrogen and oxygen atoms in total. The molecule has 1 unspecified atom stereocenters. The van der Waals surface area contributed by atoms with E-state index in [1.54, 1.807) is 19.0 Å². The molecule has 0 aromatic rings. The highest BCUT2D eigenvalue weighted by Gasteiger charge is 2.38. The van der Waals surface area contributed by atoms with Gasteiger partial charge in [-0.15, -0.1) is 0 Å². The van der Waals surface area contributed by atoms with Crippen LogP contribution in [0, 0.1) is 0 Å². The second-order valence-electron chi connectivity index (χ2n) is 25.8. The van der Waals surface area contributed by atoms with E-state index in [1.807, 2.05) is 0 Å². The normalized spacial score (nSPS) is 16.8. The number of hydrogen-bond acceptors (Lipinski definition) is 36. The van der Waals surface area contributed by atoms with Gasteiger partial charge in [0.1, 0.15) is 79.3 Å². The van der Waals surface area contributed by atoms with Gasteiger partial charge < -0.3 is 170 Å². The predicted molar refractivity (Wildman–Crippen MR) is 368 cm³/mol. The molecule has 17 atom stereocenters. The number of ether oxygens (including phenoxy) is 6. The van der Waals surface area contributed by atoms with Crippen molar-refractivity contribution in [3.8, 4) is 0 Å². The molecular formula is C63H124N10O33. The van der Waals surface area contributed by atoms with Crippen molar-refractivity contribution in [1.82, 2.24) is 49.4 Å². The fraction of sp³-hybridized carbons (Fsp3) is 0.889. The van der Waals surface area contributed by atoms with Gasteiger partial charge in [-0.1, -0.05) is 0 Å². The molecule has 43 heteroatoms. The van der Waals surface area contributed by atoms with Crippen LogP contribution in [0.2, 0.25) is 0 Å². The minimum absolute atomic E-state index is 0.00845. The van der Waals surface area contributed by atoms with Crippen LogP contribution >= 0.6 is 0 Å². The Labute approximate surface area is 616 Å². The quantitative estimate of drug-likeness (QED) is 0.0251. The topological polar surface area (TPSA) is 621 Å². The minimum Gasteiger partial charge on any atom is -0.394 e. The fourth-order valence-electron chi connectivity index (χ4n) is 9.71. The number of likely N-dealkylation sites (N-methyl/N-ethyl adjacent to an activating group) is 7. The second kappa shape index (κ2) is 56.4. The van der Waals surface area contributed by atoms with Crippen molar-refractivity contribution >= 4 is 41.4 Å². The van der Waals surface area contributed by atoms with Crippen molar-refractivity contribution in [2.24, 2.45) is 0 Å². The summed E-state index contributed by atoms with van der Waals surface area (Å²) < 4.78 is 32.9. The van der Waals surface area contributed by atoms with E-state index in [2.05, 4.69) is 5.32 Å². The highest BCUT2D eigenvalue weighted by atomic mass is 16.6. The average molecular weight is 1550 g/mol. The van der Waals surface area contributed by atoms with Crippen molar-refractivity contribution in [3.63, 3.8) is 0 Å². The van der Waals surface area contributed by atoms with Crippen molar-refractivity contribution in [3.05, 3.63) is 0 Å². The molecule has 0 aromatic carbocycles. The molecular weight excluding hydrogens is 1420 g/mol. The Morgan fingerprint density at radius 3 is 0.896 bits per heavy atom. The van der Waals surface area contributed by atoms with E-state index in [0.29, 0.717) is 0 Å². The summed E-state index contributed by atoms with van der Waals surface area (Å²) >= 11 is 0. The summed E-state index contributed by atoms with van der Waals surface area (Å²) in [4.78, 5) is 104. The molecule has 0 saturated heterocycles. The maximum absolute atomic E-state index is 14.4. The molecule has 624 valence electrons. The van der Waals surface area contributed by atoms with Crippen molar-refractivity contribution in [1.29, 1.82) is 0 Å². The first-order chi connectivity index (χ1) is 49.8. The molecule has 0 saturated carbocycles. The van der Waals surface area contributed by atoms with E-state index >= 15 is 0 Å². The Morgan fingerprint density at radius 1 is 0.311 bits per heavy atom. The van der Waals surface area contributed by atoms with Crippen LogP contribution in [0.5, 0.6) is 0 Å². The zero-order valence-corrected chi connectivity index (χ0v) is 62.0. The van der Waals surface area contributed by atoms with Crippen molar-refractivity contribution < 1.29 is 164 Å². The van der Waals surface area contributed by atoms with Gasteiger partial charge in [0.25, 0.3) is 0 Å². The average Bonchev–Trinajstić information content (AvgIpc) is 0.857. The Kier molecular flexibility index (Phi) is 53.8. The lowest BCUT2D eigenvalue weighted by Crippen LogP contribution is -2.54. The standard InChI is InChI=1S/C63H124N10O33/c1-65(2)31-50(87)67(4)33-52(89)69(6)35-54(91)71(8)40(10-9-12-72(26-41(78)55(92)59(96)45(82)36-74)27-42(79)56(93)60(97)46(83)37-75)63(100)70(7)34-53(90)68(5)32-51(88)66(3)30-49(86)64-11-14-101-16-18-103-20-22-105-24-25-106-23-21-104-19-17-102-15-13-73(28-43(80)57(94)61(98)47(84)38-76)29-44(81)58(95)62(99)48(85)39-77/h40-48,55-62,74-85,92-99H,9-39H2,1-8H3,(H,64,86)/t40?,41-,42-,43-,44-,45+,46+,47+,48+,55+,56+,57+,58+,59+,60+,61+,62+/m0/s1. The van der Waals surface area contributed by atoms with Gasteiger partial charge in [-0.25, -0.2) is 0 Å². The first-order valence-electron chi connectivity index (χ1n) is 34.4. The largest absolute Gasteiger partial charge is 0.394 e. The highest BCUT2D eigenvalue weighted by molar-refractivity contribution is 5.93. The highest BCUT2D eigenvalue weighted by Crippen LogP contribution is 2.17. The van der Waals surface area contributed by atoms with Crippen LogP contribution in [0.3, 0.4) is 0 Å². The number of nitrogens with zero attached hydrogens (tertiary/aromatic N) is 9. The molecule has 0 radical (unpaired) electrons. The van der Waals surface area contributed by atoms with Gasteiger partial charge in [0.2, 0.25) is 41.4 Å². The van der Waals surface area contributed by atoms with Crippen molar-refractivity contribution in [2.45, 2.75) is 117 Å². The van der Waals surface area contributed by atoms with Crippen LogP contribution in [0.4, 0.5) is 0 Å². The third kappa shape index (κ3) is 40.7. The Bertz CT molecular complexity index is 2350. The molecule has 0 rings (SSSR count). The third-order valence-corrected chi connectivity index (χ3v) is 16.6. The van der Waals surface area contributed by atoms with E-state index in [0.717, 1.165) is 29.4 Å². The molecule has 21 N–H and O–H groups in total. The minimum atomic E-state index is -2.10. The first kappa shape index (κ1) is 101. The van der Waals surface area contributed by atoms with Crippen molar-refractivity contribution in [2.75, 3.05) is 247 Å². The molecule has 0 spiro atoms. The van der Waals surface area contributed by atoms with Crippen LogP contribution in [0.1, 0.15) is 12.8 Å². The van der Waals surface area contributed by atoms with E-state index in [-0.39, 0.29) is 124 Å². The van der Waals surface area contributed by atoms with Crippen LogP contribution in [0.15, 0.2) is 0 Å². The zero-order chi connectivity index (χ0) is 80.9. The van der Waals surface area contributed by atoms with Crippen LogP contribution in [-0.4, -0.2) is 538 Å². The van der Waals surface area contributed by atoms with Crippen LogP contribution < -0.4 is 5.32 Å². The van der Waals surface area contributed by atoms with Crippen LogP contribution in [-0.2, 0) is 62.0 Å². The van der Waals surface area contributed by atoms with Gasteiger partial charge in [-0.05, 0) is 33.5 Å². The summed E-state index contributed by atoms with van der Waals surface area (Å²) in [5, 5.41) is 203. The number of aliphatic hydroxyl groups is 20. The SMILES string of the molecule is CN(C)CC(=O)N(C)CC(=O)N(C)CC(=O)N(C)C(CCCN(C[C@H](O)[C@@H](O)[C@H](O)[C@H](O)CO)C[C@H](O)[C@@H](O)[C@H](O)[C@H](O)CO)C(=O)N(C)CC(=O)N(C)CC(=O)N(C)CC(=O)NCCOCCOCCOCCOCCOCCOCCN(C[C@H](O)[C@@H](O)[C@H](O)[C@H](O)CO)C[C@H](O)[C@@H](O)[C@H](O)[C@H](O)CO. The summed E-state index contributed by atoms with van der Waals surface area (Å²) in [5.41, 5.74) is 0. The van der Waals surface area contributed by atoms with Crippen LogP contribution in [0.25, 0.3) is 0 Å². The summed E-state index contributed by atoms with van der Waals surface area (Å²) in [5.74, 6) is -4.63. The molecule has 0 aliphatic carbocycles. The predicted octanol–water partition coefficient (Wildman–Crippen LogP) is -16.0. The number of aliphatic hydroxyl groups excluding tert-OH is 20. The van der Waals surface area contributed by atoms with E-state index in [4.69, 9.17) is 38.6 Å². The number of amides is 7. The Hall–Kier alpha value is -4.87. The molecule has 0 fully saturated rings. The zero-order valence-electron chi connectivity index (χ0n) is 62.0. The van der Waals surface area contributed by atoms with Gasteiger partial charge >= 0.3 is 0 Å². The first-order valence-corrected chi connectivity index (χ1v) is 34.4. The molecule has 106 heavy (non-hydrogen) atoms. The summed E-state index contributed by atoms with van der Waals surface area (Å²) in [6, 6.07) is -1.44. The summed E-state index contributed by atoms with van der Waals surface area (Å²) in [6.07, 6.45) is -31.1. The van der Waals surface area contributed by atoms with Gasteiger partial charge in [0.05, 0.1) is 169 Å². The lowest BCUT2D eigenvalue weighted by atomic mass is 10.0. The second-order valence-corrected chi connectivity index (χ2v) is 25.8. The van der Waals surface area contributed by atoms with Gasteiger partial charge in [0.15, 0.2) is 0 Å². The monoisotopic (exact) mass is 1550 g/mol. The maximum atomic E-state index is 14.4. The van der Waals surface area contributed by atoms with E-state index < -0.39 is 224 Å². The van der Waals surface area contributed by atoms with E-state index in [1.165, 1.54) is 52.1 Å². The summed E-state index contributed by atoms with van der Waals surface area (Å²) in [6.45, 7) is -6.75. The molecule has 7 amide bonds. The van der Waals surface area contributed by atoms with Gasteiger partial charge in [-0.2, -0.15) is 0 Å². The van der Waals surface area contributed by atoms with E-state index in [9.17, 15) is 125 Å². The number of carbonyl (C=O) groups is 7. The Morgan fingerprint density at radius 2 is 0.575 bits per heavy atom. The smallest absolute Gasteiger partial charge is 0.245 e.